The predicted octanol–water partition coefficient (Wildman–Crippen LogP) is 3.31. The van der Waals surface area contributed by atoms with Crippen LogP contribution in [0.15, 0.2) is 18.2 Å². The van der Waals surface area contributed by atoms with Gasteiger partial charge in [0.1, 0.15) is 17.7 Å². The minimum atomic E-state index is -0.478. The van der Waals surface area contributed by atoms with Crippen molar-refractivity contribution in [2.45, 2.75) is 44.1 Å². The normalized spacial score (nSPS) is 17.7. The Balaban J connectivity index is 2.06. The second kappa shape index (κ2) is 5.30. The van der Waals surface area contributed by atoms with Crippen molar-refractivity contribution in [2.24, 2.45) is 0 Å². The molecule has 0 radical (unpaired) electrons. The highest BCUT2D eigenvalue weighted by molar-refractivity contribution is 6.20. The summed E-state index contributed by atoms with van der Waals surface area (Å²) < 4.78 is 15.3. The number of carbonyl (C=O) groups excluding carboxylic acids is 1. The van der Waals surface area contributed by atoms with Crippen LogP contribution in [0.4, 0.5) is 4.39 Å². The summed E-state index contributed by atoms with van der Waals surface area (Å²) in [5.74, 6) is 0.141. The van der Waals surface area contributed by atoms with E-state index < -0.39 is 6.04 Å². The van der Waals surface area contributed by atoms with Crippen molar-refractivity contribution in [3.05, 3.63) is 29.8 Å². The average Bonchev–Trinajstić information content (AvgIpc) is 3.16. The van der Waals surface area contributed by atoms with Gasteiger partial charge in [0, 0.05) is 6.04 Å². The number of nitrogens with one attached hydrogen (secondary N) is 1. The van der Waals surface area contributed by atoms with Crippen LogP contribution in [0.2, 0.25) is 0 Å². The summed E-state index contributed by atoms with van der Waals surface area (Å²) in [6.07, 6.45) is 2.05. The first-order valence-corrected chi connectivity index (χ1v) is 7.53. The summed E-state index contributed by atoms with van der Waals surface area (Å²) in [5, 5.41) is 2.60. The van der Waals surface area contributed by atoms with E-state index in [1.807, 2.05) is 0 Å². The van der Waals surface area contributed by atoms with Crippen molar-refractivity contribution in [1.29, 1.82) is 0 Å². The van der Waals surface area contributed by atoms with E-state index >= 15 is 0 Å². The molecule has 2 atom stereocenters. The van der Waals surface area contributed by atoms with E-state index in [9.17, 15) is 9.18 Å². The Morgan fingerprint density at radius 1 is 1.48 bits per heavy atom. The summed E-state index contributed by atoms with van der Waals surface area (Å²) >= 11 is 6.18. The molecule has 112 valence electrons. The van der Waals surface area contributed by atoms with E-state index in [-0.39, 0.29) is 23.1 Å². The summed E-state index contributed by atoms with van der Waals surface area (Å²) in [5.41, 5.74) is 1.24. The van der Waals surface area contributed by atoms with Gasteiger partial charge in [-0.05, 0) is 44.9 Å². The largest absolute Gasteiger partial charge is 0.352 e. The minimum Gasteiger partial charge on any atom is -0.352 e. The molecule has 1 aliphatic rings. The molecular weight excluding hydrogens is 293 g/mol. The topological polar surface area (TPSA) is 46.9 Å². The van der Waals surface area contributed by atoms with Crippen molar-refractivity contribution in [3.8, 4) is 0 Å². The predicted molar refractivity (Wildman–Crippen MR) is 79.8 cm³/mol. The number of benzene rings is 1. The summed E-state index contributed by atoms with van der Waals surface area (Å²) in [4.78, 5) is 16.7. The second-order valence-corrected chi connectivity index (χ2v) is 6.20. The van der Waals surface area contributed by atoms with Crippen LogP contribution in [-0.4, -0.2) is 21.5 Å². The lowest BCUT2D eigenvalue weighted by Gasteiger charge is -2.18. The van der Waals surface area contributed by atoms with Crippen LogP contribution in [0.3, 0.4) is 0 Å². The number of halogens is 2. The molecule has 1 heterocycles. The van der Waals surface area contributed by atoms with Gasteiger partial charge in [-0.15, -0.1) is 11.6 Å². The summed E-state index contributed by atoms with van der Waals surface area (Å²) in [6.45, 7) is 3.58. The molecule has 2 unspecified atom stereocenters. The summed E-state index contributed by atoms with van der Waals surface area (Å²) in [7, 11) is 0. The zero-order chi connectivity index (χ0) is 15.1. The van der Waals surface area contributed by atoms with Gasteiger partial charge in [-0.3, -0.25) is 4.79 Å². The number of hydrogen-bond donors (Lipinski definition) is 1. The highest BCUT2D eigenvalue weighted by Gasteiger charge is 2.29. The molecule has 0 bridgehead atoms. The fraction of sp³-hybridized carbons (Fsp3) is 0.467. The van der Waals surface area contributed by atoms with Crippen LogP contribution < -0.4 is 5.32 Å². The Bertz CT molecular complexity index is 694. The van der Waals surface area contributed by atoms with Gasteiger partial charge in [0.15, 0.2) is 0 Å². The number of rotatable bonds is 4. The first-order valence-electron chi connectivity index (χ1n) is 7.09. The van der Waals surface area contributed by atoms with E-state index in [1.165, 1.54) is 12.1 Å². The Hall–Kier alpha value is -1.62. The number of fused-ring (bicyclic) bond motifs is 1. The number of carbonyl (C=O) groups is 1. The molecule has 0 spiro atoms. The van der Waals surface area contributed by atoms with Gasteiger partial charge in [-0.2, -0.15) is 0 Å². The molecule has 0 aliphatic heterocycles. The van der Waals surface area contributed by atoms with E-state index in [0.717, 1.165) is 12.8 Å². The van der Waals surface area contributed by atoms with E-state index in [0.29, 0.717) is 16.9 Å². The maximum Gasteiger partial charge on any atom is 0.243 e. The first kappa shape index (κ1) is 14.3. The lowest BCUT2D eigenvalue weighted by molar-refractivity contribution is -0.124. The fourth-order valence-corrected chi connectivity index (χ4v) is 2.59. The smallest absolute Gasteiger partial charge is 0.243 e. The Labute approximate surface area is 127 Å². The van der Waals surface area contributed by atoms with Gasteiger partial charge in [0.05, 0.1) is 16.4 Å². The number of nitrogens with zero attached hydrogens (tertiary/aromatic N) is 2. The lowest BCUT2D eigenvalue weighted by Crippen LogP contribution is -2.33. The molecule has 2 aromatic rings. The Morgan fingerprint density at radius 2 is 2.19 bits per heavy atom. The number of amides is 1. The first-order chi connectivity index (χ1) is 9.97. The van der Waals surface area contributed by atoms with Crippen molar-refractivity contribution in [1.82, 2.24) is 14.9 Å². The molecular formula is C15H17ClFN3O. The maximum atomic E-state index is 13.5. The number of aromatic nitrogens is 2. The molecule has 1 saturated carbocycles. The number of imidazole rings is 1. The molecule has 1 aromatic heterocycles. The van der Waals surface area contributed by atoms with Crippen LogP contribution in [0.5, 0.6) is 0 Å². The molecule has 3 rings (SSSR count). The van der Waals surface area contributed by atoms with E-state index in [2.05, 4.69) is 10.3 Å². The highest BCUT2D eigenvalue weighted by Crippen LogP contribution is 2.29. The van der Waals surface area contributed by atoms with Gasteiger partial charge >= 0.3 is 0 Å². The molecule has 1 fully saturated rings. The van der Waals surface area contributed by atoms with E-state index in [1.54, 1.807) is 24.5 Å². The standard InChI is InChI=1S/C15H17ClFN3O/c1-8(16)14-19-12-6-3-10(17)7-13(12)20(14)9(2)15(21)18-11-4-5-11/h3,6-9,11H,4-5H2,1-2H3,(H,18,21). The maximum absolute atomic E-state index is 13.5. The summed E-state index contributed by atoms with van der Waals surface area (Å²) in [6, 6.07) is 4.16. The molecule has 1 N–H and O–H groups in total. The molecule has 4 nitrogen and oxygen atoms in total. The third kappa shape index (κ3) is 2.75. The van der Waals surface area contributed by atoms with Gasteiger partial charge in [-0.1, -0.05) is 0 Å². The number of alkyl halides is 1. The fourth-order valence-electron chi connectivity index (χ4n) is 2.44. The van der Waals surface area contributed by atoms with Crippen LogP contribution in [0, 0.1) is 5.82 Å². The van der Waals surface area contributed by atoms with Gasteiger partial charge in [0.2, 0.25) is 5.91 Å². The monoisotopic (exact) mass is 309 g/mol. The Kier molecular flexibility index (Phi) is 3.61. The van der Waals surface area contributed by atoms with Crippen LogP contribution in [0.25, 0.3) is 11.0 Å². The molecule has 0 saturated heterocycles. The van der Waals surface area contributed by atoms with Crippen molar-refractivity contribution < 1.29 is 9.18 Å². The second-order valence-electron chi connectivity index (χ2n) is 5.55. The minimum absolute atomic E-state index is 0.0837. The molecule has 1 amide bonds. The van der Waals surface area contributed by atoms with Crippen molar-refractivity contribution in [3.63, 3.8) is 0 Å². The molecule has 1 aliphatic carbocycles. The average molecular weight is 310 g/mol. The van der Waals surface area contributed by atoms with Gasteiger partial charge in [-0.25, -0.2) is 9.37 Å². The SMILES string of the molecule is CC(Cl)c1nc2ccc(F)cc2n1C(C)C(=O)NC1CC1. The zero-order valence-electron chi connectivity index (χ0n) is 11.9. The Morgan fingerprint density at radius 3 is 2.81 bits per heavy atom. The lowest BCUT2D eigenvalue weighted by atomic mass is 10.2. The molecule has 21 heavy (non-hydrogen) atoms. The third-order valence-electron chi connectivity index (χ3n) is 3.73. The van der Waals surface area contributed by atoms with Crippen LogP contribution >= 0.6 is 11.6 Å². The van der Waals surface area contributed by atoms with E-state index in [4.69, 9.17) is 11.6 Å². The third-order valence-corrected chi connectivity index (χ3v) is 3.92. The van der Waals surface area contributed by atoms with Crippen LogP contribution in [0.1, 0.15) is 43.9 Å². The number of hydrogen-bond acceptors (Lipinski definition) is 2. The zero-order valence-corrected chi connectivity index (χ0v) is 12.7. The van der Waals surface area contributed by atoms with Gasteiger partial charge in [0.25, 0.3) is 0 Å². The van der Waals surface area contributed by atoms with Gasteiger partial charge < -0.3 is 9.88 Å². The van der Waals surface area contributed by atoms with Crippen LogP contribution in [-0.2, 0) is 4.79 Å². The molecule has 6 heteroatoms. The molecule has 1 aromatic carbocycles. The van der Waals surface area contributed by atoms with Crippen molar-refractivity contribution >= 4 is 28.5 Å². The quantitative estimate of drug-likeness (QED) is 0.881. The van der Waals surface area contributed by atoms with Crippen molar-refractivity contribution in [2.75, 3.05) is 0 Å². The highest BCUT2D eigenvalue weighted by atomic mass is 35.5.